The molecule has 1 N–H and O–H groups in total. The first-order valence-electron chi connectivity index (χ1n) is 6.81. The standard InChI is InChI=1S/C14H21N3O4/c1-8-10(5-15-9(2)16-8)14(19)17(3)11-6-21-7-12(20-4)13(11)18/h5,11-13,18H,6-7H2,1-4H3/t11-,12-,13+/m1/s1. The molecule has 1 aliphatic rings. The molecule has 0 spiro atoms. The summed E-state index contributed by atoms with van der Waals surface area (Å²) in [5.41, 5.74) is 1.05. The average Bonchev–Trinajstić information content (AvgIpc) is 2.46. The normalized spacial score (nSPS) is 25.7. The lowest BCUT2D eigenvalue weighted by atomic mass is 10.0. The summed E-state index contributed by atoms with van der Waals surface area (Å²) < 4.78 is 10.6. The van der Waals surface area contributed by atoms with E-state index in [-0.39, 0.29) is 12.5 Å². The van der Waals surface area contributed by atoms with Gasteiger partial charge < -0.3 is 19.5 Å². The third-order valence-corrected chi connectivity index (χ3v) is 3.80. The second-order valence-electron chi connectivity index (χ2n) is 5.20. The zero-order valence-electron chi connectivity index (χ0n) is 12.7. The van der Waals surface area contributed by atoms with Crippen LogP contribution in [0.5, 0.6) is 0 Å². The predicted octanol–water partition coefficient (Wildman–Crippen LogP) is -0.0599. The van der Waals surface area contributed by atoms with Crippen molar-refractivity contribution in [2.45, 2.75) is 32.1 Å². The highest BCUT2D eigenvalue weighted by Crippen LogP contribution is 2.18. The Hall–Kier alpha value is -1.57. The summed E-state index contributed by atoms with van der Waals surface area (Å²) in [5.74, 6) is 0.379. The van der Waals surface area contributed by atoms with Crippen LogP contribution in [0.15, 0.2) is 6.20 Å². The maximum atomic E-state index is 12.6. The molecule has 0 radical (unpaired) electrons. The van der Waals surface area contributed by atoms with Gasteiger partial charge in [0.1, 0.15) is 18.0 Å². The number of likely N-dealkylation sites (N-methyl/N-ethyl adjacent to an activating group) is 1. The molecule has 1 aliphatic heterocycles. The van der Waals surface area contributed by atoms with Gasteiger partial charge in [-0.15, -0.1) is 0 Å². The molecule has 0 unspecified atom stereocenters. The number of aliphatic hydroxyl groups excluding tert-OH is 1. The third-order valence-electron chi connectivity index (χ3n) is 3.80. The van der Waals surface area contributed by atoms with Gasteiger partial charge in [0.15, 0.2) is 0 Å². The molecule has 0 saturated carbocycles. The first-order valence-corrected chi connectivity index (χ1v) is 6.81. The van der Waals surface area contributed by atoms with E-state index in [9.17, 15) is 9.90 Å². The molecule has 7 heteroatoms. The first-order chi connectivity index (χ1) is 9.95. The number of nitrogens with zero attached hydrogens (tertiary/aromatic N) is 3. The predicted molar refractivity (Wildman–Crippen MR) is 75.0 cm³/mol. The molecule has 1 aromatic heterocycles. The summed E-state index contributed by atoms with van der Waals surface area (Å²) >= 11 is 0. The van der Waals surface area contributed by atoms with Crippen molar-refractivity contribution in [1.29, 1.82) is 0 Å². The molecule has 1 aromatic rings. The van der Waals surface area contributed by atoms with Gasteiger partial charge in [0, 0.05) is 20.4 Å². The largest absolute Gasteiger partial charge is 0.388 e. The fraction of sp³-hybridized carbons (Fsp3) is 0.643. The number of aromatic nitrogens is 2. The van der Waals surface area contributed by atoms with E-state index in [1.807, 2.05) is 0 Å². The number of methoxy groups -OCH3 is 1. The van der Waals surface area contributed by atoms with Crippen molar-refractivity contribution in [2.24, 2.45) is 0 Å². The fourth-order valence-corrected chi connectivity index (χ4v) is 2.43. The SMILES string of the molecule is CO[C@@H]1COC[C@@H](N(C)C(=O)c2cnc(C)nc2C)[C@@H]1O. The molecule has 1 amide bonds. The first kappa shape index (κ1) is 15.8. The van der Waals surface area contributed by atoms with E-state index in [2.05, 4.69) is 9.97 Å². The quantitative estimate of drug-likeness (QED) is 0.841. The minimum atomic E-state index is -0.788. The van der Waals surface area contributed by atoms with Crippen LogP contribution in [0.2, 0.25) is 0 Å². The van der Waals surface area contributed by atoms with Crippen molar-refractivity contribution in [1.82, 2.24) is 14.9 Å². The molecule has 0 aromatic carbocycles. The van der Waals surface area contributed by atoms with Gasteiger partial charge in [-0.05, 0) is 13.8 Å². The molecule has 1 saturated heterocycles. The van der Waals surface area contributed by atoms with Crippen LogP contribution in [0.25, 0.3) is 0 Å². The number of hydrogen-bond acceptors (Lipinski definition) is 6. The van der Waals surface area contributed by atoms with E-state index in [0.29, 0.717) is 23.7 Å². The van der Waals surface area contributed by atoms with Crippen molar-refractivity contribution in [2.75, 3.05) is 27.4 Å². The molecular weight excluding hydrogens is 274 g/mol. The summed E-state index contributed by atoms with van der Waals surface area (Å²) in [6.45, 7) is 4.13. The Morgan fingerprint density at radius 1 is 1.48 bits per heavy atom. The monoisotopic (exact) mass is 295 g/mol. The number of ether oxygens (including phenoxy) is 2. The van der Waals surface area contributed by atoms with E-state index < -0.39 is 18.2 Å². The lowest BCUT2D eigenvalue weighted by Gasteiger charge is -2.38. The van der Waals surface area contributed by atoms with Crippen molar-refractivity contribution in [3.05, 3.63) is 23.3 Å². The lowest BCUT2D eigenvalue weighted by Crippen LogP contribution is -2.56. The number of hydrogen-bond donors (Lipinski definition) is 1. The van der Waals surface area contributed by atoms with E-state index in [0.717, 1.165) is 0 Å². The Kier molecular flexibility index (Phi) is 4.87. The zero-order valence-corrected chi connectivity index (χ0v) is 12.7. The maximum absolute atomic E-state index is 12.6. The lowest BCUT2D eigenvalue weighted by molar-refractivity contribution is -0.135. The summed E-state index contributed by atoms with van der Waals surface area (Å²) in [6, 6.07) is -0.461. The summed E-state index contributed by atoms with van der Waals surface area (Å²) in [6.07, 6.45) is 0.291. The van der Waals surface area contributed by atoms with Gasteiger partial charge >= 0.3 is 0 Å². The minimum Gasteiger partial charge on any atom is -0.388 e. The van der Waals surface area contributed by atoms with Gasteiger partial charge in [0.05, 0.1) is 30.5 Å². The number of aliphatic hydroxyl groups is 1. The molecule has 21 heavy (non-hydrogen) atoms. The molecule has 0 bridgehead atoms. The van der Waals surface area contributed by atoms with Gasteiger partial charge in [0.25, 0.3) is 5.91 Å². The number of carbonyl (C=O) groups excluding carboxylic acids is 1. The van der Waals surface area contributed by atoms with Crippen molar-refractivity contribution >= 4 is 5.91 Å². The van der Waals surface area contributed by atoms with E-state index >= 15 is 0 Å². The minimum absolute atomic E-state index is 0.239. The molecule has 1 fully saturated rings. The highest BCUT2D eigenvalue weighted by Gasteiger charge is 2.37. The number of carbonyl (C=O) groups is 1. The summed E-state index contributed by atoms with van der Waals surface area (Å²) in [4.78, 5) is 22.3. The topological polar surface area (TPSA) is 84.8 Å². The smallest absolute Gasteiger partial charge is 0.257 e. The van der Waals surface area contributed by atoms with E-state index in [4.69, 9.17) is 9.47 Å². The zero-order chi connectivity index (χ0) is 15.6. The molecule has 116 valence electrons. The third kappa shape index (κ3) is 3.20. The highest BCUT2D eigenvalue weighted by molar-refractivity contribution is 5.95. The van der Waals surface area contributed by atoms with Crippen LogP contribution in [0, 0.1) is 13.8 Å². The van der Waals surface area contributed by atoms with Crippen LogP contribution in [0.3, 0.4) is 0 Å². The van der Waals surface area contributed by atoms with Gasteiger partial charge in [-0.3, -0.25) is 4.79 Å². The number of rotatable bonds is 3. The molecule has 3 atom stereocenters. The van der Waals surface area contributed by atoms with Gasteiger partial charge in [-0.1, -0.05) is 0 Å². The van der Waals surface area contributed by atoms with Gasteiger partial charge in [-0.25, -0.2) is 9.97 Å². The van der Waals surface area contributed by atoms with E-state index in [1.54, 1.807) is 20.9 Å². The molecular formula is C14H21N3O4. The Morgan fingerprint density at radius 3 is 2.81 bits per heavy atom. The highest BCUT2D eigenvalue weighted by atomic mass is 16.5. The van der Waals surface area contributed by atoms with Crippen LogP contribution < -0.4 is 0 Å². The van der Waals surface area contributed by atoms with Crippen molar-refractivity contribution < 1.29 is 19.4 Å². The van der Waals surface area contributed by atoms with Crippen LogP contribution in [-0.4, -0.2) is 71.5 Å². The summed E-state index contributed by atoms with van der Waals surface area (Å²) in [5, 5.41) is 10.3. The Balaban J connectivity index is 2.18. The molecule has 2 rings (SSSR count). The van der Waals surface area contributed by atoms with E-state index in [1.165, 1.54) is 18.2 Å². The number of aryl methyl sites for hydroxylation is 2. The van der Waals surface area contributed by atoms with Gasteiger partial charge in [0.2, 0.25) is 0 Å². The Bertz CT molecular complexity index is 523. The number of amides is 1. The summed E-state index contributed by atoms with van der Waals surface area (Å²) in [7, 11) is 3.15. The fourth-order valence-electron chi connectivity index (χ4n) is 2.43. The second kappa shape index (κ2) is 6.46. The Labute approximate surface area is 123 Å². The average molecular weight is 295 g/mol. The van der Waals surface area contributed by atoms with Gasteiger partial charge in [-0.2, -0.15) is 0 Å². The van der Waals surface area contributed by atoms with Crippen LogP contribution in [-0.2, 0) is 9.47 Å². The molecule has 0 aliphatic carbocycles. The van der Waals surface area contributed by atoms with Crippen molar-refractivity contribution in [3.63, 3.8) is 0 Å². The van der Waals surface area contributed by atoms with Crippen LogP contribution >= 0.6 is 0 Å². The van der Waals surface area contributed by atoms with Crippen LogP contribution in [0.4, 0.5) is 0 Å². The second-order valence-corrected chi connectivity index (χ2v) is 5.20. The Morgan fingerprint density at radius 2 is 2.19 bits per heavy atom. The maximum Gasteiger partial charge on any atom is 0.257 e. The van der Waals surface area contributed by atoms with Crippen LogP contribution in [0.1, 0.15) is 21.9 Å². The molecule has 7 nitrogen and oxygen atoms in total. The molecule has 2 heterocycles. The van der Waals surface area contributed by atoms with Crippen molar-refractivity contribution in [3.8, 4) is 0 Å².